The Kier molecular flexibility index (Phi) is 4.11. The van der Waals surface area contributed by atoms with E-state index in [1.54, 1.807) is 25.6 Å². The van der Waals surface area contributed by atoms with Gasteiger partial charge in [0.05, 0.1) is 14.2 Å². The predicted molar refractivity (Wildman–Crippen MR) is 91.5 cm³/mol. The number of aryl methyl sites for hydroxylation is 1. The number of rotatable bonds is 4. The van der Waals surface area contributed by atoms with Gasteiger partial charge in [-0.1, -0.05) is 23.5 Å². The van der Waals surface area contributed by atoms with Crippen molar-refractivity contribution in [2.45, 2.75) is 0 Å². The molecule has 0 amide bonds. The first kappa shape index (κ1) is 14.6. The van der Waals surface area contributed by atoms with E-state index in [1.165, 1.54) is 15.2 Å². The van der Waals surface area contributed by atoms with Crippen molar-refractivity contribution in [2.75, 3.05) is 14.2 Å². The molecular formula is C18H18NO2S+. The number of methoxy groups -OCH3 is 2. The van der Waals surface area contributed by atoms with E-state index in [0.29, 0.717) is 0 Å². The summed E-state index contributed by atoms with van der Waals surface area (Å²) in [5, 5.41) is 1.19. The van der Waals surface area contributed by atoms with Gasteiger partial charge in [-0.25, -0.2) is 0 Å². The first-order valence-electron chi connectivity index (χ1n) is 7.00. The second-order valence-corrected chi connectivity index (χ2v) is 5.97. The molecule has 3 rings (SSSR count). The van der Waals surface area contributed by atoms with Crippen molar-refractivity contribution < 1.29 is 14.0 Å². The van der Waals surface area contributed by atoms with E-state index >= 15 is 0 Å². The highest BCUT2D eigenvalue weighted by atomic mass is 32.1. The maximum atomic E-state index is 5.41. The number of hydrogen-bond acceptors (Lipinski definition) is 3. The maximum absolute atomic E-state index is 5.41. The Balaban J connectivity index is 2.00. The Hall–Kier alpha value is -2.33. The molecule has 0 aliphatic carbocycles. The number of aromatic nitrogens is 1. The summed E-state index contributed by atoms with van der Waals surface area (Å²) >= 11 is 1.77. The second kappa shape index (κ2) is 6.20. The van der Waals surface area contributed by atoms with Gasteiger partial charge in [-0.3, -0.25) is 0 Å². The average molecular weight is 312 g/mol. The van der Waals surface area contributed by atoms with Crippen LogP contribution in [0.5, 0.6) is 11.5 Å². The lowest BCUT2D eigenvalue weighted by Gasteiger charge is -2.06. The van der Waals surface area contributed by atoms with Gasteiger partial charge in [-0.15, -0.1) is 0 Å². The molecule has 0 atom stereocenters. The van der Waals surface area contributed by atoms with Crippen LogP contribution in [-0.2, 0) is 7.05 Å². The summed E-state index contributed by atoms with van der Waals surface area (Å²) < 4.78 is 14.2. The summed E-state index contributed by atoms with van der Waals surface area (Å²) in [6.07, 6.45) is 4.17. The van der Waals surface area contributed by atoms with Crippen LogP contribution in [0.25, 0.3) is 22.4 Å². The van der Waals surface area contributed by atoms with E-state index < -0.39 is 0 Å². The van der Waals surface area contributed by atoms with Gasteiger partial charge in [0.2, 0.25) is 5.52 Å². The van der Waals surface area contributed by atoms with E-state index in [9.17, 15) is 0 Å². The molecule has 0 saturated carbocycles. The number of ether oxygens (including phenoxy) is 2. The fourth-order valence-corrected chi connectivity index (χ4v) is 3.45. The van der Waals surface area contributed by atoms with Crippen molar-refractivity contribution in [3.05, 3.63) is 53.0 Å². The molecule has 112 valence electrons. The van der Waals surface area contributed by atoms with Gasteiger partial charge >= 0.3 is 0 Å². The lowest BCUT2D eigenvalue weighted by Crippen LogP contribution is -2.28. The number of benzene rings is 2. The molecule has 2 aromatic carbocycles. The first-order chi connectivity index (χ1) is 10.7. The van der Waals surface area contributed by atoms with E-state index in [1.807, 2.05) is 18.2 Å². The van der Waals surface area contributed by atoms with E-state index in [0.717, 1.165) is 17.1 Å². The molecule has 4 heteroatoms. The number of nitrogens with zero attached hydrogens (tertiary/aromatic N) is 1. The Labute approximate surface area is 134 Å². The Morgan fingerprint density at radius 3 is 2.55 bits per heavy atom. The van der Waals surface area contributed by atoms with Crippen molar-refractivity contribution in [1.29, 1.82) is 0 Å². The molecule has 0 aliphatic rings. The minimum Gasteiger partial charge on any atom is -0.497 e. The maximum Gasteiger partial charge on any atom is 0.262 e. The van der Waals surface area contributed by atoms with Crippen LogP contribution >= 0.6 is 11.3 Å². The van der Waals surface area contributed by atoms with Gasteiger partial charge in [-0.2, -0.15) is 4.57 Å². The number of thiazole rings is 1. The summed E-state index contributed by atoms with van der Waals surface area (Å²) in [5.41, 5.74) is 2.24. The van der Waals surface area contributed by atoms with Crippen LogP contribution in [0.1, 0.15) is 10.6 Å². The topological polar surface area (TPSA) is 22.3 Å². The molecule has 1 heterocycles. The second-order valence-electron chi connectivity index (χ2n) is 4.91. The molecule has 0 radical (unpaired) electrons. The van der Waals surface area contributed by atoms with Crippen LogP contribution in [0.2, 0.25) is 0 Å². The highest BCUT2D eigenvalue weighted by molar-refractivity contribution is 7.18. The molecule has 3 nitrogen and oxygen atoms in total. The molecule has 0 spiro atoms. The highest BCUT2D eigenvalue weighted by Crippen LogP contribution is 2.27. The molecule has 0 unspecified atom stereocenters. The molecule has 0 fully saturated rings. The van der Waals surface area contributed by atoms with Gasteiger partial charge in [0.1, 0.15) is 23.2 Å². The van der Waals surface area contributed by atoms with Gasteiger partial charge in [0.15, 0.2) is 0 Å². The highest BCUT2D eigenvalue weighted by Gasteiger charge is 2.13. The normalized spacial score (nSPS) is 11.2. The Morgan fingerprint density at radius 1 is 1.00 bits per heavy atom. The molecule has 0 N–H and O–H groups in total. The lowest BCUT2D eigenvalue weighted by atomic mass is 10.1. The molecule has 0 aliphatic heterocycles. The third-order valence-electron chi connectivity index (χ3n) is 3.61. The fourth-order valence-electron chi connectivity index (χ4n) is 2.40. The fraction of sp³-hybridized carbons (Fsp3) is 0.167. The number of hydrogen-bond donors (Lipinski definition) is 0. The molecule has 3 aromatic rings. The smallest absolute Gasteiger partial charge is 0.262 e. The quantitative estimate of drug-likeness (QED) is 0.681. The van der Waals surface area contributed by atoms with Crippen LogP contribution in [0.4, 0.5) is 0 Å². The van der Waals surface area contributed by atoms with Crippen LogP contribution < -0.4 is 14.0 Å². The Bertz CT molecular complexity index is 836. The van der Waals surface area contributed by atoms with Crippen LogP contribution in [0.15, 0.2) is 42.5 Å². The number of para-hydroxylation sites is 1. The number of fused-ring (bicyclic) bond motifs is 1. The predicted octanol–water partition coefficient (Wildman–Crippen LogP) is 3.91. The zero-order valence-corrected chi connectivity index (χ0v) is 13.7. The van der Waals surface area contributed by atoms with Crippen molar-refractivity contribution in [3.8, 4) is 11.5 Å². The van der Waals surface area contributed by atoms with Gasteiger partial charge < -0.3 is 9.47 Å². The third-order valence-corrected chi connectivity index (χ3v) is 4.80. The van der Waals surface area contributed by atoms with Crippen molar-refractivity contribution in [3.63, 3.8) is 0 Å². The third kappa shape index (κ3) is 2.70. The SMILES string of the molecule is COc1ccc(OC)c(/C=C/c2sc3ccccc3[n+]2C)c1. The lowest BCUT2D eigenvalue weighted by molar-refractivity contribution is -0.642. The van der Waals surface area contributed by atoms with E-state index in [-0.39, 0.29) is 0 Å². The zero-order valence-electron chi connectivity index (χ0n) is 12.9. The van der Waals surface area contributed by atoms with Crippen molar-refractivity contribution >= 4 is 33.7 Å². The van der Waals surface area contributed by atoms with E-state index in [2.05, 4.69) is 48.0 Å². The molecule has 0 bridgehead atoms. The minimum atomic E-state index is 0.821. The van der Waals surface area contributed by atoms with Crippen molar-refractivity contribution in [1.82, 2.24) is 0 Å². The van der Waals surface area contributed by atoms with Crippen LogP contribution in [0.3, 0.4) is 0 Å². The van der Waals surface area contributed by atoms with E-state index in [4.69, 9.17) is 9.47 Å². The standard InChI is InChI=1S/C18H18NO2S/c1-19-15-6-4-5-7-17(15)22-18(19)11-8-13-12-14(20-2)9-10-16(13)21-3/h4-12H,1-3H3/q+1/b11-8+. The molecule has 1 aromatic heterocycles. The summed E-state index contributed by atoms with van der Waals surface area (Å²) in [6, 6.07) is 14.2. The summed E-state index contributed by atoms with van der Waals surface area (Å²) in [7, 11) is 5.43. The minimum absolute atomic E-state index is 0.821. The summed E-state index contributed by atoms with van der Waals surface area (Å²) in [4.78, 5) is 0. The summed E-state index contributed by atoms with van der Waals surface area (Å²) in [6.45, 7) is 0. The zero-order chi connectivity index (χ0) is 15.5. The van der Waals surface area contributed by atoms with Crippen molar-refractivity contribution in [2.24, 2.45) is 7.05 Å². The van der Waals surface area contributed by atoms with Crippen LogP contribution in [-0.4, -0.2) is 14.2 Å². The molecular weight excluding hydrogens is 294 g/mol. The average Bonchev–Trinajstić information content (AvgIpc) is 2.89. The molecule has 0 saturated heterocycles. The first-order valence-corrected chi connectivity index (χ1v) is 7.82. The largest absolute Gasteiger partial charge is 0.497 e. The molecule has 22 heavy (non-hydrogen) atoms. The Morgan fingerprint density at radius 2 is 1.82 bits per heavy atom. The van der Waals surface area contributed by atoms with Gasteiger partial charge in [0.25, 0.3) is 5.01 Å². The van der Waals surface area contributed by atoms with Gasteiger partial charge in [0, 0.05) is 17.7 Å². The monoisotopic (exact) mass is 312 g/mol. The summed E-state index contributed by atoms with van der Waals surface area (Å²) in [5.74, 6) is 1.65. The van der Waals surface area contributed by atoms with Gasteiger partial charge in [-0.05, 0) is 30.3 Å². The van der Waals surface area contributed by atoms with Crippen LogP contribution in [0, 0.1) is 0 Å².